The van der Waals surface area contributed by atoms with Gasteiger partial charge in [0.15, 0.2) is 0 Å². The van der Waals surface area contributed by atoms with Crippen molar-refractivity contribution in [3.8, 4) is 5.75 Å². The summed E-state index contributed by atoms with van der Waals surface area (Å²) >= 11 is 0. The number of rotatable bonds is 2. The number of para-hydroxylation sites is 1. The number of hydrogen-bond acceptors (Lipinski definition) is 4. The van der Waals surface area contributed by atoms with Crippen molar-refractivity contribution >= 4 is 18.3 Å². The third kappa shape index (κ3) is 3.14. The Morgan fingerprint density at radius 1 is 1.27 bits per heavy atom. The number of nitrogen functional groups attached to an aromatic ring is 1. The summed E-state index contributed by atoms with van der Waals surface area (Å²) in [5, 5.41) is 18.3. The Labute approximate surface area is 89.8 Å². The van der Waals surface area contributed by atoms with Gasteiger partial charge in [-0.1, -0.05) is 12.1 Å². The lowest BCUT2D eigenvalue weighted by Gasteiger charge is -2.24. The van der Waals surface area contributed by atoms with E-state index in [4.69, 9.17) is 20.5 Å². The predicted molar refractivity (Wildman–Crippen MR) is 61.1 cm³/mol. The first kappa shape index (κ1) is 11.9. The minimum Gasteiger partial charge on any atom is -0.486 e. The summed E-state index contributed by atoms with van der Waals surface area (Å²) in [5.41, 5.74) is 5.97. The molecule has 0 bridgehead atoms. The van der Waals surface area contributed by atoms with Gasteiger partial charge < -0.3 is 20.5 Å². The van der Waals surface area contributed by atoms with E-state index in [1.54, 1.807) is 18.2 Å². The van der Waals surface area contributed by atoms with Gasteiger partial charge in [0, 0.05) is 5.46 Å². The lowest BCUT2D eigenvalue weighted by Crippen LogP contribution is -2.35. The van der Waals surface area contributed by atoms with E-state index >= 15 is 0 Å². The zero-order valence-electron chi connectivity index (χ0n) is 9.19. The number of ether oxygens (including phenoxy) is 1. The normalized spacial score (nSPS) is 11.3. The summed E-state index contributed by atoms with van der Waals surface area (Å²) in [6, 6.07) is 4.88. The highest BCUT2D eigenvalue weighted by Crippen LogP contribution is 2.23. The van der Waals surface area contributed by atoms with Crippen molar-refractivity contribution in [2.45, 2.75) is 26.4 Å². The molecule has 0 aromatic heterocycles. The monoisotopic (exact) mass is 209 g/mol. The Bertz CT molecular complexity index is 347. The Hall–Kier alpha value is -1.20. The first-order valence-electron chi connectivity index (χ1n) is 4.75. The van der Waals surface area contributed by atoms with Gasteiger partial charge in [-0.3, -0.25) is 0 Å². The summed E-state index contributed by atoms with van der Waals surface area (Å²) in [5.74, 6) is 0.333. The second-order valence-electron chi connectivity index (χ2n) is 4.35. The van der Waals surface area contributed by atoms with Gasteiger partial charge in [0.1, 0.15) is 11.4 Å². The fraction of sp³-hybridized carbons (Fsp3) is 0.400. The van der Waals surface area contributed by atoms with Gasteiger partial charge >= 0.3 is 7.12 Å². The molecule has 4 nitrogen and oxygen atoms in total. The van der Waals surface area contributed by atoms with Gasteiger partial charge in [-0.05, 0) is 26.8 Å². The summed E-state index contributed by atoms with van der Waals surface area (Å²) in [7, 11) is -1.58. The Balaban J connectivity index is 3.14. The predicted octanol–water partition coefficient (Wildman–Crippen LogP) is 0.126. The highest BCUT2D eigenvalue weighted by atomic mass is 16.5. The molecule has 1 rings (SSSR count). The van der Waals surface area contributed by atoms with Crippen LogP contribution >= 0.6 is 0 Å². The van der Waals surface area contributed by atoms with Crippen LogP contribution < -0.4 is 15.9 Å². The molecule has 0 fully saturated rings. The molecule has 1 aromatic rings. The van der Waals surface area contributed by atoms with Crippen LogP contribution in [0.3, 0.4) is 0 Å². The van der Waals surface area contributed by atoms with E-state index in [2.05, 4.69) is 0 Å². The molecule has 5 heteroatoms. The minimum absolute atomic E-state index is 0.282. The molecule has 0 aliphatic heterocycles. The van der Waals surface area contributed by atoms with Crippen LogP contribution in [0.1, 0.15) is 20.8 Å². The van der Waals surface area contributed by atoms with Crippen LogP contribution in [0.15, 0.2) is 18.2 Å². The van der Waals surface area contributed by atoms with Crippen LogP contribution in [0.4, 0.5) is 5.69 Å². The van der Waals surface area contributed by atoms with Gasteiger partial charge in [-0.25, -0.2) is 0 Å². The van der Waals surface area contributed by atoms with E-state index in [1.807, 2.05) is 20.8 Å². The van der Waals surface area contributed by atoms with E-state index in [0.29, 0.717) is 11.4 Å². The van der Waals surface area contributed by atoms with Crippen LogP contribution in [0.25, 0.3) is 0 Å². The Morgan fingerprint density at radius 3 is 2.33 bits per heavy atom. The highest BCUT2D eigenvalue weighted by molar-refractivity contribution is 6.60. The molecule has 1 aromatic carbocycles. The molecular weight excluding hydrogens is 193 g/mol. The summed E-state index contributed by atoms with van der Waals surface area (Å²) in [6.07, 6.45) is 0. The largest absolute Gasteiger partial charge is 0.492 e. The van der Waals surface area contributed by atoms with Gasteiger partial charge in [0.2, 0.25) is 0 Å². The van der Waals surface area contributed by atoms with Crippen molar-refractivity contribution in [2.24, 2.45) is 0 Å². The maximum absolute atomic E-state index is 9.15. The van der Waals surface area contributed by atoms with Crippen molar-refractivity contribution in [3.05, 3.63) is 18.2 Å². The standard InChI is InChI=1S/C10H16BNO3/c1-10(2,3)15-9-7(11(13)14)5-4-6-8(9)12/h4-6,13-14H,12H2,1-3H3. The first-order valence-corrected chi connectivity index (χ1v) is 4.75. The second kappa shape index (κ2) is 4.12. The molecule has 0 atom stereocenters. The maximum atomic E-state index is 9.15. The van der Waals surface area contributed by atoms with Crippen LogP contribution in [-0.2, 0) is 0 Å². The molecule has 0 saturated heterocycles. The average molecular weight is 209 g/mol. The molecule has 0 aliphatic carbocycles. The maximum Gasteiger partial charge on any atom is 0.492 e. The Morgan fingerprint density at radius 2 is 1.87 bits per heavy atom. The summed E-state index contributed by atoms with van der Waals surface area (Å²) < 4.78 is 5.58. The van der Waals surface area contributed by atoms with E-state index in [-0.39, 0.29) is 5.46 Å². The van der Waals surface area contributed by atoms with E-state index in [9.17, 15) is 0 Å². The lowest BCUT2D eigenvalue weighted by molar-refractivity contribution is 0.133. The molecule has 4 N–H and O–H groups in total. The van der Waals surface area contributed by atoms with E-state index in [0.717, 1.165) is 0 Å². The van der Waals surface area contributed by atoms with Gasteiger partial charge in [0.05, 0.1) is 5.69 Å². The zero-order chi connectivity index (χ0) is 11.6. The van der Waals surface area contributed by atoms with Crippen molar-refractivity contribution in [1.29, 1.82) is 0 Å². The molecule has 0 amide bonds. The molecule has 82 valence electrons. The lowest BCUT2D eigenvalue weighted by atomic mass is 9.79. The third-order valence-electron chi connectivity index (χ3n) is 1.76. The van der Waals surface area contributed by atoms with Crippen LogP contribution in [0.5, 0.6) is 5.75 Å². The van der Waals surface area contributed by atoms with Crippen LogP contribution in [0, 0.1) is 0 Å². The van der Waals surface area contributed by atoms with Crippen LogP contribution in [-0.4, -0.2) is 22.8 Å². The number of benzene rings is 1. The molecule has 0 heterocycles. The second-order valence-corrected chi connectivity index (χ2v) is 4.35. The number of nitrogens with two attached hydrogens (primary N) is 1. The molecular formula is C10H16BNO3. The van der Waals surface area contributed by atoms with Gasteiger partial charge in [-0.2, -0.15) is 0 Å². The fourth-order valence-electron chi connectivity index (χ4n) is 1.20. The molecule has 0 radical (unpaired) electrons. The quantitative estimate of drug-likeness (QED) is 0.477. The van der Waals surface area contributed by atoms with Crippen molar-refractivity contribution in [3.63, 3.8) is 0 Å². The smallest absolute Gasteiger partial charge is 0.486 e. The summed E-state index contributed by atoms with van der Waals surface area (Å²) in [4.78, 5) is 0. The van der Waals surface area contributed by atoms with Crippen LogP contribution in [0.2, 0.25) is 0 Å². The van der Waals surface area contributed by atoms with E-state index < -0.39 is 12.7 Å². The first-order chi connectivity index (χ1) is 6.81. The molecule has 15 heavy (non-hydrogen) atoms. The molecule has 0 unspecified atom stereocenters. The van der Waals surface area contributed by atoms with Gasteiger partial charge in [0.25, 0.3) is 0 Å². The topological polar surface area (TPSA) is 75.7 Å². The highest BCUT2D eigenvalue weighted by Gasteiger charge is 2.22. The van der Waals surface area contributed by atoms with E-state index in [1.165, 1.54) is 0 Å². The molecule has 0 aliphatic rings. The SMILES string of the molecule is CC(C)(C)Oc1c(N)cccc1B(O)O. The fourth-order valence-corrected chi connectivity index (χ4v) is 1.20. The average Bonchev–Trinajstić information content (AvgIpc) is 2.05. The Kier molecular flexibility index (Phi) is 3.26. The number of anilines is 1. The minimum atomic E-state index is -1.58. The van der Waals surface area contributed by atoms with Crippen molar-refractivity contribution in [2.75, 3.05) is 5.73 Å². The zero-order valence-corrected chi connectivity index (χ0v) is 9.19. The van der Waals surface area contributed by atoms with Gasteiger partial charge in [-0.15, -0.1) is 0 Å². The van der Waals surface area contributed by atoms with Crippen molar-refractivity contribution in [1.82, 2.24) is 0 Å². The number of hydrogen-bond donors (Lipinski definition) is 3. The molecule has 0 saturated carbocycles. The molecule has 0 spiro atoms. The third-order valence-corrected chi connectivity index (χ3v) is 1.76. The summed E-state index contributed by atoms with van der Waals surface area (Å²) in [6.45, 7) is 5.60. The van der Waals surface area contributed by atoms with Crippen molar-refractivity contribution < 1.29 is 14.8 Å².